The van der Waals surface area contributed by atoms with Gasteiger partial charge in [0.15, 0.2) is 0 Å². The Morgan fingerprint density at radius 1 is 1.50 bits per heavy atom. The van der Waals surface area contributed by atoms with Crippen molar-refractivity contribution in [2.45, 2.75) is 26.8 Å². The van der Waals surface area contributed by atoms with Crippen molar-refractivity contribution < 1.29 is 4.79 Å². The molecule has 0 aliphatic rings. The lowest BCUT2D eigenvalue weighted by Gasteiger charge is -2.16. The fourth-order valence-corrected chi connectivity index (χ4v) is 1.26. The molecular formula is C10H17N3O. The van der Waals surface area contributed by atoms with E-state index < -0.39 is 0 Å². The van der Waals surface area contributed by atoms with E-state index in [-0.39, 0.29) is 11.9 Å². The second-order valence-corrected chi connectivity index (χ2v) is 3.79. The van der Waals surface area contributed by atoms with Crippen molar-refractivity contribution in [2.75, 3.05) is 14.1 Å². The second-order valence-electron chi connectivity index (χ2n) is 3.79. The van der Waals surface area contributed by atoms with Gasteiger partial charge < -0.3 is 4.90 Å². The minimum atomic E-state index is -0.225. The molecule has 0 spiro atoms. The number of hydrogen-bond donors (Lipinski definition) is 0. The molecule has 1 rings (SSSR count). The van der Waals surface area contributed by atoms with Crippen LogP contribution in [0.3, 0.4) is 0 Å². The van der Waals surface area contributed by atoms with Crippen LogP contribution in [0.2, 0.25) is 0 Å². The molecule has 0 bridgehead atoms. The van der Waals surface area contributed by atoms with Crippen molar-refractivity contribution in [3.8, 4) is 0 Å². The summed E-state index contributed by atoms with van der Waals surface area (Å²) < 4.78 is 1.72. The Kier molecular flexibility index (Phi) is 2.93. The van der Waals surface area contributed by atoms with Crippen LogP contribution in [0.15, 0.2) is 6.20 Å². The zero-order chi connectivity index (χ0) is 10.9. The SMILES string of the molecule is Cc1cn(C(C)C(=O)N(C)C)nc1C. The van der Waals surface area contributed by atoms with E-state index in [1.807, 2.05) is 27.0 Å². The smallest absolute Gasteiger partial charge is 0.246 e. The first kappa shape index (κ1) is 10.8. The molecule has 1 unspecified atom stereocenters. The number of rotatable bonds is 2. The second kappa shape index (κ2) is 3.82. The molecule has 0 fully saturated rings. The van der Waals surface area contributed by atoms with E-state index in [0.717, 1.165) is 11.3 Å². The number of carbonyl (C=O) groups excluding carboxylic acids is 1. The molecule has 0 aliphatic heterocycles. The molecule has 0 aliphatic carbocycles. The highest BCUT2D eigenvalue weighted by Crippen LogP contribution is 2.11. The molecule has 78 valence electrons. The molecule has 0 saturated carbocycles. The zero-order valence-electron chi connectivity index (χ0n) is 9.40. The number of hydrogen-bond acceptors (Lipinski definition) is 2. The molecule has 1 amide bonds. The standard InChI is InChI=1S/C10H17N3O/c1-7-6-13(11-8(7)2)9(3)10(14)12(4)5/h6,9H,1-5H3. The van der Waals surface area contributed by atoms with E-state index in [0.29, 0.717) is 0 Å². The lowest BCUT2D eigenvalue weighted by molar-refractivity contribution is -0.131. The maximum Gasteiger partial charge on any atom is 0.246 e. The van der Waals surface area contributed by atoms with Gasteiger partial charge >= 0.3 is 0 Å². The number of aromatic nitrogens is 2. The Labute approximate surface area is 84.5 Å². The van der Waals surface area contributed by atoms with Gasteiger partial charge in [-0.1, -0.05) is 0 Å². The van der Waals surface area contributed by atoms with Crippen molar-refractivity contribution in [3.63, 3.8) is 0 Å². The topological polar surface area (TPSA) is 38.1 Å². The summed E-state index contributed by atoms with van der Waals surface area (Å²) in [7, 11) is 3.50. The van der Waals surface area contributed by atoms with E-state index in [9.17, 15) is 4.79 Å². The molecule has 14 heavy (non-hydrogen) atoms. The van der Waals surface area contributed by atoms with Crippen LogP contribution in [0.5, 0.6) is 0 Å². The number of likely N-dealkylation sites (N-methyl/N-ethyl adjacent to an activating group) is 1. The minimum absolute atomic E-state index is 0.0625. The summed E-state index contributed by atoms with van der Waals surface area (Å²) in [5.74, 6) is 0.0625. The Morgan fingerprint density at radius 3 is 2.43 bits per heavy atom. The fourth-order valence-electron chi connectivity index (χ4n) is 1.26. The first-order chi connectivity index (χ1) is 6.43. The molecular weight excluding hydrogens is 178 g/mol. The maximum absolute atomic E-state index is 11.6. The van der Waals surface area contributed by atoms with Crippen LogP contribution < -0.4 is 0 Å². The Bertz CT molecular complexity index is 322. The van der Waals surface area contributed by atoms with E-state index in [1.165, 1.54) is 0 Å². The van der Waals surface area contributed by atoms with Gasteiger partial charge in [-0.3, -0.25) is 9.48 Å². The average Bonchev–Trinajstić information content (AvgIpc) is 2.44. The first-order valence-electron chi connectivity index (χ1n) is 4.67. The quantitative estimate of drug-likeness (QED) is 0.710. The lowest BCUT2D eigenvalue weighted by atomic mass is 10.3. The molecule has 4 heteroatoms. The van der Waals surface area contributed by atoms with Gasteiger partial charge in [-0.15, -0.1) is 0 Å². The molecule has 1 aromatic heterocycles. The van der Waals surface area contributed by atoms with Gasteiger partial charge in [-0.2, -0.15) is 5.10 Å². The third-order valence-electron chi connectivity index (χ3n) is 2.36. The largest absolute Gasteiger partial charge is 0.347 e. The minimum Gasteiger partial charge on any atom is -0.347 e. The Morgan fingerprint density at radius 2 is 2.07 bits per heavy atom. The number of amides is 1. The molecule has 1 heterocycles. The van der Waals surface area contributed by atoms with Crippen molar-refractivity contribution in [2.24, 2.45) is 0 Å². The summed E-state index contributed by atoms with van der Waals surface area (Å²) in [6.07, 6.45) is 1.90. The highest BCUT2D eigenvalue weighted by atomic mass is 16.2. The molecule has 1 aromatic rings. The Hall–Kier alpha value is -1.32. The van der Waals surface area contributed by atoms with E-state index in [2.05, 4.69) is 5.10 Å². The zero-order valence-corrected chi connectivity index (χ0v) is 9.40. The molecule has 0 aromatic carbocycles. The third-order valence-corrected chi connectivity index (χ3v) is 2.36. The van der Waals surface area contributed by atoms with Gasteiger partial charge in [0.25, 0.3) is 0 Å². The molecule has 0 saturated heterocycles. The fraction of sp³-hybridized carbons (Fsp3) is 0.600. The summed E-state index contributed by atoms with van der Waals surface area (Å²) in [5.41, 5.74) is 2.09. The summed E-state index contributed by atoms with van der Waals surface area (Å²) in [4.78, 5) is 13.2. The summed E-state index contributed by atoms with van der Waals surface area (Å²) >= 11 is 0. The molecule has 1 atom stereocenters. The van der Waals surface area contributed by atoms with Crippen LogP contribution in [-0.2, 0) is 4.79 Å². The van der Waals surface area contributed by atoms with Crippen LogP contribution in [0, 0.1) is 13.8 Å². The lowest BCUT2D eigenvalue weighted by Crippen LogP contribution is -2.30. The summed E-state index contributed by atoms with van der Waals surface area (Å²) in [5, 5.41) is 4.28. The summed E-state index contributed by atoms with van der Waals surface area (Å²) in [6.45, 7) is 5.79. The van der Waals surface area contributed by atoms with E-state index in [1.54, 1.807) is 23.7 Å². The van der Waals surface area contributed by atoms with E-state index in [4.69, 9.17) is 0 Å². The predicted octanol–water partition coefficient (Wildman–Crippen LogP) is 1.15. The Balaban J connectivity index is 2.89. The number of aryl methyl sites for hydroxylation is 2. The van der Waals surface area contributed by atoms with Crippen LogP contribution in [0.1, 0.15) is 24.2 Å². The van der Waals surface area contributed by atoms with Crippen LogP contribution in [0.25, 0.3) is 0 Å². The van der Waals surface area contributed by atoms with E-state index >= 15 is 0 Å². The molecule has 0 N–H and O–H groups in total. The average molecular weight is 195 g/mol. The highest BCUT2D eigenvalue weighted by molar-refractivity contribution is 5.79. The van der Waals surface area contributed by atoms with Crippen molar-refractivity contribution in [1.29, 1.82) is 0 Å². The van der Waals surface area contributed by atoms with Crippen molar-refractivity contribution >= 4 is 5.91 Å². The number of nitrogens with zero attached hydrogens (tertiary/aromatic N) is 3. The van der Waals surface area contributed by atoms with Gasteiger partial charge in [-0.05, 0) is 26.3 Å². The maximum atomic E-state index is 11.6. The van der Waals surface area contributed by atoms with Gasteiger partial charge in [0.1, 0.15) is 6.04 Å². The highest BCUT2D eigenvalue weighted by Gasteiger charge is 2.17. The monoisotopic (exact) mass is 195 g/mol. The van der Waals surface area contributed by atoms with Crippen LogP contribution >= 0.6 is 0 Å². The van der Waals surface area contributed by atoms with Gasteiger partial charge in [0.2, 0.25) is 5.91 Å². The van der Waals surface area contributed by atoms with Crippen molar-refractivity contribution in [1.82, 2.24) is 14.7 Å². The van der Waals surface area contributed by atoms with Crippen molar-refractivity contribution in [3.05, 3.63) is 17.5 Å². The summed E-state index contributed by atoms with van der Waals surface area (Å²) in [6, 6.07) is -0.225. The molecule has 0 radical (unpaired) electrons. The third kappa shape index (κ3) is 1.95. The number of carbonyl (C=O) groups is 1. The first-order valence-corrected chi connectivity index (χ1v) is 4.67. The van der Waals surface area contributed by atoms with Gasteiger partial charge in [-0.25, -0.2) is 0 Å². The van der Waals surface area contributed by atoms with Crippen LogP contribution in [-0.4, -0.2) is 34.7 Å². The van der Waals surface area contributed by atoms with Gasteiger partial charge in [0, 0.05) is 20.3 Å². The molecule has 4 nitrogen and oxygen atoms in total. The van der Waals surface area contributed by atoms with Crippen LogP contribution in [0.4, 0.5) is 0 Å². The predicted molar refractivity (Wildman–Crippen MR) is 55.1 cm³/mol. The normalized spacial score (nSPS) is 12.6. The van der Waals surface area contributed by atoms with Gasteiger partial charge in [0.05, 0.1) is 5.69 Å².